The Balaban J connectivity index is 2.04. The third-order valence-corrected chi connectivity index (χ3v) is 3.24. The summed E-state index contributed by atoms with van der Waals surface area (Å²) in [6.07, 6.45) is 1.09. The van der Waals surface area contributed by atoms with Crippen LogP contribution < -0.4 is 0 Å². The number of hydrogen-bond donors (Lipinski definition) is 1. The highest BCUT2D eigenvalue weighted by atomic mass is 79.9. The number of phenolic OH excluding ortho intramolecular Hbond substituents is 1. The van der Waals surface area contributed by atoms with Gasteiger partial charge < -0.3 is 5.11 Å². The number of phenols is 1. The van der Waals surface area contributed by atoms with Crippen LogP contribution in [0.15, 0.2) is 53.0 Å². The molecule has 3 heteroatoms. The van der Waals surface area contributed by atoms with E-state index >= 15 is 0 Å². The van der Waals surface area contributed by atoms with Crippen molar-refractivity contribution < 1.29 is 9.90 Å². The zero-order valence-electron chi connectivity index (χ0n) is 9.77. The number of Topliss-reactive ketones (excluding diaryl/α,β-unsaturated/α-hetero) is 1. The van der Waals surface area contributed by atoms with E-state index in [2.05, 4.69) is 15.9 Å². The average Bonchev–Trinajstić information content (AvgIpc) is 2.37. The third kappa shape index (κ3) is 3.20. The van der Waals surface area contributed by atoms with E-state index in [4.69, 9.17) is 0 Å². The molecule has 0 aliphatic rings. The van der Waals surface area contributed by atoms with Crippen LogP contribution in [0.25, 0.3) is 0 Å². The Hall–Kier alpha value is -1.61. The number of aromatic hydroxyl groups is 1. The Kier molecular flexibility index (Phi) is 4.15. The molecule has 0 saturated heterocycles. The van der Waals surface area contributed by atoms with E-state index in [9.17, 15) is 9.90 Å². The summed E-state index contributed by atoms with van der Waals surface area (Å²) in [6.45, 7) is 0. The van der Waals surface area contributed by atoms with Crippen LogP contribution >= 0.6 is 15.9 Å². The second-order valence-corrected chi connectivity index (χ2v) is 4.99. The van der Waals surface area contributed by atoms with E-state index in [1.54, 1.807) is 12.1 Å². The topological polar surface area (TPSA) is 37.3 Å². The van der Waals surface area contributed by atoms with Gasteiger partial charge in [0.05, 0.1) is 5.56 Å². The van der Waals surface area contributed by atoms with Crippen LogP contribution in [-0.4, -0.2) is 10.9 Å². The van der Waals surface area contributed by atoms with Gasteiger partial charge in [0.25, 0.3) is 0 Å². The van der Waals surface area contributed by atoms with Crippen LogP contribution in [0.4, 0.5) is 0 Å². The molecule has 0 aromatic heterocycles. The molecule has 1 N–H and O–H groups in total. The maximum atomic E-state index is 12.0. The highest BCUT2D eigenvalue weighted by Crippen LogP contribution is 2.23. The predicted octanol–water partition coefficient (Wildman–Crippen LogP) is 3.97. The summed E-state index contributed by atoms with van der Waals surface area (Å²) in [5.74, 6) is -0.00807. The van der Waals surface area contributed by atoms with Gasteiger partial charge in [-0.25, -0.2) is 0 Å². The van der Waals surface area contributed by atoms with Gasteiger partial charge in [-0.2, -0.15) is 0 Å². The summed E-state index contributed by atoms with van der Waals surface area (Å²) in [5, 5.41) is 9.71. The third-order valence-electron chi connectivity index (χ3n) is 2.74. The molecule has 92 valence electrons. The molecule has 0 atom stereocenters. The number of carbonyl (C=O) groups is 1. The Morgan fingerprint density at radius 3 is 2.50 bits per heavy atom. The minimum atomic E-state index is -0.0381. The van der Waals surface area contributed by atoms with Crippen molar-refractivity contribution in [2.75, 3.05) is 0 Å². The number of benzene rings is 2. The molecule has 18 heavy (non-hydrogen) atoms. The first-order valence-corrected chi connectivity index (χ1v) is 6.52. The fourth-order valence-corrected chi connectivity index (χ4v) is 2.13. The van der Waals surface area contributed by atoms with Crippen molar-refractivity contribution in [2.24, 2.45) is 0 Å². The van der Waals surface area contributed by atoms with Crippen molar-refractivity contribution in [2.45, 2.75) is 12.8 Å². The Morgan fingerprint density at radius 2 is 1.83 bits per heavy atom. The average molecular weight is 305 g/mol. The number of hydrogen-bond acceptors (Lipinski definition) is 2. The second kappa shape index (κ2) is 5.83. The Bertz CT molecular complexity index is 550. The Morgan fingerprint density at radius 1 is 1.11 bits per heavy atom. The van der Waals surface area contributed by atoms with Crippen LogP contribution in [0.5, 0.6) is 5.75 Å². The second-order valence-electron chi connectivity index (χ2n) is 4.07. The molecular formula is C15H13BrO2. The van der Waals surface area contributed by atoms with Crippen molar-refractivity contribution in [3.05, 3.63) is 64.1 Å². The minimum Gasteiger partial charge on any atom is -0.507 e. The summed E-state index contributed by atoms with van der Waals surface area (Å²) in [7, 11) is 0. The molecule has 0 amide bonds. The van der Waals surface area contributed by atoms with Gasteiger partial charge in [-0.3, -0.25) is 4.79 Å². The maximum absolute atomic E-state index is 12.0. The molecule has 2 aromatic carbocycles. The molecule has 0 aliphatic heterocycles. The Labute approximate surface area is 114 Å². The minimum absolute atomic E-state index is 0.0300. The number of carbonyl (C=O) groups excluding carboxylic acids is 1. The number of ketones is 1. The van der Waals surface area contributed by atoms with Crippen molar-refractivity contribution in [1.29, 1.82) is 0 Å². The molecular weight excluding hydrogens is 292 g/mol. The molecule has 0 bridgehead atoms. The van der Waals surface area contributed by atoms with Gasteiger partial charge in [0.1, 0.15) is 5.75 Å². The number of aryl methyl sites for hydroxylation is 1. The molecule has 0 spiro atoms. The molecule has 0 fully saturated rings. The lowest BCUT2D eigenvalue weighted by atomic mass is 10.0. The summed E-state index contributed by atoms with van der Waals surface area (Å²) >= 11 is 3.25. The molecule has 0 heterocycles. The van der Waals surface area contributed by atoms with Crippen LogP contribution in [0.1, 0.15) is 22.3 Å². The molecule has 0 unspecified atom stereocenters. The zero-order chi connectivity index (χ0) is 13.0. The standard InChI is InChI=1S/C15H13BrO2/c16-12-7-8-13(15(18)10-12)14(17)9-6-11-4-2-1-3-5-11/h1-5,7-8,10,18H,6,9H2. The molecule has 0 aliphatic carbocycles. The monoisotopic (exact) mass is 304 g/mol. The van der Waals surface area contributed by atoms with Gasteiger partial charge in [0.2, 0.25) is 0 Å². The van der Waals surface area contributed by atoms with Crippen LogP contribution in [0.3, 0.4) is 0 Å². The first-order chi connectivity index (χ1) is 8.66. The highest BCUT2D eigenvalue weighted by Gasteiger charge is 2.11. The molecule has 0 radical (unpaired) electrons. The van der Waals surface area contributed by atoms with E-state index in [1.165, 1.54) is 6.07 Å². The van der Waals surface area contributed by atoms with E-state index in [0.29, 0.717) is 18.4 Å². The lowest BCUT2D eigenvalue weighted by Gasteiger charge is -2.04. The smallest absolute Gasteiger partial charge is 0.166 e. The fourth-order valence-electron chi connectivity index (χ4n) is 1.78. The molecule has 0 saturated carbocycles. The van der Waals surface area contributed by atoms with Crippen LogP contribution in [-0.2, 0) is 6.42 Å². The molecule has 2 nitrogen and oxygen atoms in total. The van der Waals surface area contributed by atoms with Crippen LogP contribution in [0, 0.1) is 0 Å². The summed E-state index contributed by atoms with van der Waals surface area (Å²) in [6, 6.07) is 14.8. The van der Waals surface area contributed by atoms with E-state index < -0.39 is 0 Å². The van der Waals surface area contributed by atoms with Crippen molar-refractivity contribution >= 4 is 21.7 Å². The molecule has 2 rings (SSSR count). The van der Waals surface area contributed by atoms with E-state index in [-0.39, 0.29) is 11.5 Å². The summed E-state index contributed by atoms with van der Waals surface area (Å²) < 4.78 is 0.764. The van der Waals surface area contributed by atoms with Gasteiger partial charge in [-0.15, -0.1) is 0 Å². The first-order valence-electron chi connectivity index (χ1n) is 5.72. The van der Waals surface area contributed by atoms with Gasteiger partial charge in [0.15, 0.2) is 5.78 Å². The summed E-state index contributed by atoms with van der Waals surface area (Å²) in [4.78, 5) is 12.0. The quantitative estimate of drug-likeness (QED) is 0.868. The lowest BCUT2D eigenvalue weighted by molar-refractivity contribution is 0.0980. The fraction of sp³-hybridized carbons (Fsp3) is 0.133. The summed E-state index contributed by atoms with van der Waals surface area (Å²) in [5.41, 5.74) is 1.51. The normalized spacial score (nSPS) is 10.3. The zero-order valence-corrected chi connectivity index (χ0v) is 11.4. The van der Waals surface area contributed by atoms with Gasteiger partial charge in [-0.1, -0.05) is 46.3 Å². The van der Waals surface area contributed by atoms with Crippen molar-refractivity contribution in [3.63, 3.8) is 0 Å². The van der Waals surface area contributed by atoms with E-state index in [0.717, 1.165) is 10.0 Å². The first kappa shape index (κ1) is 12.8. The number of halogens is 1. The lowest BCUT2D eigenvalue weighted by Crippen LogP contribution is -2.01. The highest BCUT2D eigenvalue weighted by molar-refractivity contribution is 9.10. The maximum Gasteiger partial charge on any atom is 0.166 e. The SMILES string of the molecule is O=C(CCc1ccccc1)c1ccc(Br)cc1O. The van der Waals surface area contributed by atoms with Gasteiger partial charge >= 0.3 is 0 Å². The van der Waals surface area contributed by atoms with Crippen molar-refractivity contribution in [1.82, 2.24) is 0 Å². The van der Waals surface area contributed by atoms with Gasteiger partial charge in [0, 0.05) is 10.9 Å². The number of rotatable bonds is 4. The van der Waals surface area contributed by atoms with E-state index in [1.807, 2.05) is 30.3 Å². The van der Waals surface area contributed by atoms with Crippen LogP contribution in [0.2, 0.25) is 0 Å². The van der Waals surface area contributed by atoms with Crippen molar-refractivity contribution in [3.8, 4) is 5.75 Å². The van der Waals surface area contributed by atoms with Gasteiger partial charge in [-0.05, 0) is 30.2 Å². The largest absolute Gasteiger partial charge is 0.507 e. The predicted molar refractivity (Wildman–Crippen MR) is 74.9 cm³/mol. The molecule has 2 aromatic rings.